The van der Waals surface area contributed by atoms with E-state index in [1.54, 1.807) is 29.3 Å². The van der Waals surface area contributed by atoms with E-state index >= 15 is 0 Å². The molecule has 0 aliphatic carbocycles. The van der Waals surface area contributed by atoms with Gasteiger partial charge in [0.05, 0.1) is 30.9 Å². The summed E-state index contributed by atoms with van der Waals surface area (Å²) in [5, 5.41) is 11.3. The van der Waals surface area contributed by atoms with E-state index in [4.69, 9.17) is 4.42 Å². The van der Waals surface area contributed by atoms with Crippen molar-refractivity contribution in [1.82, 2.24) is 25.1 Å². The summed E-state index contributed by atoms with van der Waals surface area (Å²) in [6.45, 7) is 1.46. The Bertz CT molecular complexity index is 1080. The van der Waals surface area contributed by atoms with Crippen molar-refractivity contribution in [3.63, 3.8) is 0 Å². The number of amides is 1. The van der Waals surface area contributed by atoms with E-state index in [2.05, 4.69) is 41.6 Å². The van der Waals surface area contributed by atoms with Gasteiger partial charge in [-0.2, -0.15) is 5.10 Å². The van der Waals surface area contributed by atoms with Crippen LogP contribution in [0.25, 0.3) is 11.0 Å². The van der Waals surface area contributed by atoms with Crippen LogP contribution in [0.3, 0.4) is 0 Å². The fraction of sp³-hybridized carbons (Fsp3) is 0.158. The number of furan rings is 1. The Morgan fingerprint density at radius 1 is 1.18 bits per heavy atom. The van der Waals surface area contributed by atoms with E-state index in [0.717, 1.165) is 15.6 Å². The Labute approximate surface area is 169 Å². The summed E-state index contributed by atoms with van der Waals surface area (Å²) in [6.07, 6.45) is 4.84. The van der Waals surface area contributed by atoms with Crippen molar-refractivity contribution in [3.8, 4) is 0 Å². The van der Waals surface area contributed by atoms with E-state index in [0.29, 0.717) is 36.7 Å². The van der Waals surface area contributed by atoms with Crippen molar-refractivity contribution >= 4 is 38.7 Å². The predicted molar refractivity (Wildman–Crippen MR) is 108 cm³/mol. The maximum atomic E-state index is 12.2. The van der Waals surface area contributed by atoms with Crippen molar-refractivity contribution < 1.29 is 9.21 Å². The number of halogens is 1. The molecule has 9 heteroatoms. The minimum atomic E-state index is -0.126. The lowest BCUT2D eigenvalue weighted by Crippen LogP contribution is -2.27. The first-order valence-electron chi connectivity index (χ1n) is 8.67. The highest BCUT2D eigenvalue weighted by Gasteiger charge is 2.11. The third kappa shape index (κ3) is 4.04. The zero-order valence-electron chi connectivity index (χ0n) is 14.8. The number of aromatic nitrogens is 4. The number of nitrogens with zero attached hydrogens (tertiary/aromatic N) is 4. The minimum Gasteiger partial charge on any atom is -0.467 e. The quantitative estimate of drug-likeness (QED) is 0.457. The number of carbonyl (C=O) groups is 1. The molecular weight excluding hydrogens is 424 g/mol. The highest BCUT2D eigenvalue weighted by Crippen LogP contribution is 2.19. The average Bonchev–Trinajstić information content (AvgIpc) is 3.37. The lowest BCUT2D eigenvalue weighted by Gasteiger charge is -2.07. The number of benzene rings is 1. The molecule has 2 N–H and O–H groups in total. The second kappa shape index (κ2) is 8.22. The van der Waals surface area contributed by atoms with Gasteiger partial charge in [0.1, 0.15) is 17.9 Å². The number of hydrogen-bond acceptors (Lipinski definition) is 6. The van der Waals surface area contributed by atoms with Gasteiger partial charge in [-0.3, -0.25) is 4.79 Å². The van der Waals surface area contributed by atoms with Gasteiger partial charge in [0, 0.05) is 16.6 Å². The Morgan fingerprint density at radius 2 is 2.04 bits per heavy atom. The van der Waals surface area contributed by atoms with Crippen LogP contribution in [-0.2, 0) is 13.1 Å². The number of carbonyl (C=O) groups excluding carboxylic acids is 1. The molecule has 0 fully saturated rings. The van der Waals surface area contributed by atoms with Crippen molar-refractivity contribution in [3.05, 3.63) is 71.0 Å². The van der Waals surface area contributed by atoms with E-state index < -0.39 is 0 Å². The molecule has 8 nitrogen and oxygen atoms in total. The summed E-state index contributed by atoms with van der Waals surface area (Å²) >= 11 is 3.36. The molecule has 0 bridgehead atoms. The van der Waals surface area contributed by atoms with Crippen molar-refractivity contribution in [1.29, 1.82) is 0 Å². The summed E-state index contributed by atoms with van der Waals surface area (Å²) < 4.78 is 8.00. The van der Waals surface area contributed by atoms with Crippen molar-refractivity contribution in [2.45, 2.75) is 13.1 Å². The molecule has 28 heavy (non-hydrogen) atoms. The molecule has 3 aromatic heterocycles. The molecule has 142 valence electrons. The first-order valence-corrected chi connectivity index (χ1v) is 9.46. The Hall–Kier alpha value is -3.20. The van der Waals surface area contributed by atoms with Crippen LogP contribution in [0.15, 0.2) is 64.1 Å². The maximum Gasteiger partial charge on any atom is 0.251 e. The van der Waals surface area contributed by atoms with Crippen LogP contribution in [-0.4, -0.2) is 32.2 Å². The van der Waals surface area contributed by atoms with Gasteiger partial charge in [-0.25, -0.2) is 14.6 Å². The lowest BCUT2D eigenvalue weighted by atomic mass is 10.2. The van der Waals surface area contributed by atoms with Crippen LogP contribution in [0, 0.1) is 0 Å². The summed E-state index contributed by atoms with van der Waals surface area (Å²) in [7, 11) is 0. The predicted octanol–water partition coefficient (Wildman–Crippen LogP) is 3.22. The van der Waals surface area contributed by atoms with Crippen LogP contribution in [0.1, 0.15) is 16.1 Å². The number of hydrogen-bond donors (Lipinski definition) is 2. The van der Waals surface area contributed by atoms with E-state index in [-0.39, 0.29) is 5.91 Å². The van der Waals surface area contributed by atoms with Gasteiger partial charge in [0.2, 0.25) is 0 Å². The van der Waals surface area contributed by atoms with Gasteiger partial charge in [0.25, 0.3) is 5.91 Å². The average molecular weight is 441 g/mol. The molecule has 0 aliphatic rings. The first-order chi connectivity index (χ1) is 13.7. The van der Waals surface area contributed by atoms with E-state index in [9.17, 15) is 4.79 Å². The topological polar surface area (TPSA) is 97.9 Å². The molecule has 1 amide bonds. The molecule has 0 atom stereocenters. The molecule has 4 aromatic rings. The lowest BCUT2D eigenvalue weighted by molar-refractivity contribution is 0.0952. The van der Waals surface area contributed by atoms with Crippen LogP contribution in [0.5, 0.6) is 0 Å². The largest absolute Gasteiger partial charge is 0.467 e. The highest BCUT2D eigenvalue weighted by molar-refractivity contribution is 9.10. The number of fused-ring (bicyclic) bond motifs is 1. The minimum absolute atomic E-state index is 0.126. The number of rotatable bonds is 7. The number of anilines is 1. The van der Waals surface area contributed by atoms with Crippen molar-refractivity contribution in [2.75, 3.05) is 11.9 Å². The Balaban J connectivity index is 1.39. The SMILES string of the molecule is O=C(NCCn1ncc2c(NCc3ccco3)ncnc21)c1ccc(Br)cc1. The molecule has 0 spiro atoms. The molecule has 4 rings (SSSR count). The van der Waals surface area contributed by atoms with Crippen LogP contribution in [0.4, 0.5) is 5.82 Å². The van der Waals surface area contributed by atoms with Gasteiger partial charge in [-0.15, -0.1) is 0 Å². The van der Waals surface area contributed by atoms with Gasteiger partial charge < -0.3 is 15.1 Å². The summed E-state index contributed by atoms with van der Waals surface area (Å²) in [6, 6.07) is 10.9. The molecule has 0 saturated heterocycles. The van der Waals surface area contributed by atoms with Gasteiger partial charge in [0.15, 0.2) is 5.65 Å². The summed E-state index contributed by atoms with van der Waals surface area (Å²) in [4.78, 5) is 20.8. The highest BCUT2D eigenvalue weighted by atomic mass is 79.9. The molecule has 3 heterocycles. The Kier molecular flexibility index (Phi) is 5.34. The normalized spacial score (nSPS) is 10.9. The first kappa shape index (κ1) is 18.2. The standard InChI is InChI=1S/C19H17BrN6O2/c20-14-5-3-13(4-6-14)19(27)21-7-8-26-18-16(11-25-26)17(23-12-24-18)22-10-15-2-1-9-28-15/h1-6,9,11-12H,7-8,10H2,(H,21,27)(H,22,23,24). The second-order valence-electron chi connectivity index (χ2n) is 6.02. The zero-order chi connectivity index (χ0) is 19.3. The number of nitrogens with one attached hydrogen (secondary N) is 2. The smallest absolute Gasteiger partial charge is 0.251 e. The second-order valence-corrected chi connectivity index (χ2v) is 6.94. The maximum absolute atomic E-state index is 12.2. The molecule has 0 unspecified atom stereocenters. The van der Waals surface area contributed by atoms with Crippen LogP contribution < -0.4 is 10.6 Å². The third-order valence-corrected chi connectivity index (χ3v) is 4.69. The van der Waals surface area contributed by atoms with E-state index in [1.165, 1.54) is 6.33 Å². The summed E-state index contributed by atoms with van der Waals surface area (Å²) in [5.41, 5.74) is 1.31. The Morgan fingerprint density at radius 3 is 2.82 bits per heavy atom. The molecule has 1 aromatic carbocycles. The zero-order valence-corrected chi connectivity index (χ0v) is 16.4. The van der Waals surface area contributed by atoms with Crippen molar-refractivity contribution in [2.24, 2.45) is 0 Å². The monoisotopic (exact) mass is 440 g/mol. The van der Waals surface area contributed by atoms with E-state index in [1.807, 2.05) is 24.3 Å². The van der Waals surface area contributed by atoms with Gasteiger partial charge in [-0.1, -0.05) is 15.9 Å². The fourth-order valence-electron chi connectivity index (χ4n) is 2.76. The van der Waals surface area contributed by atoms with Crippen LogP contribution in [0.2, 0.25) is 0 Å². The fourth-order valence-corrected chi connectivity index (χ4v) is 3.02. The third-order valence-electron chi connectivity index (χ3n) is 4.16. The van der Waals surface area contributed by atoms with Gasteiger partial charge >= 0.3 is 0 Å². The molecule has 0 radical (unpaired) electrons. The van der Waals surface area contributed by atoms with Crippen LogP contribution >= 0.6 is 15.9 Å². The molecular formula is C19H17BrN6O2. The summed E-state index contributed by atoms with van der Waals surface area (Å²) in [5.74, 6) is 1.38. The molecule has 0 saturated carbocycles. The van der Waals surface area contributed by atoms with Gasteiger partial charge in [-0.05, 0) is 36.4 Å². The molecule has 0 aliphatic heterocycles.